The Hall–Kier alpha value is -2.05. The Balaban J connectivity index is 2.14. The van der Waals surface area contributed by atoms with Crippen LogP contribution in [-0.4, -0.2) is 39.8 Å². The molecule has 96 valence electrons. The van der Waals surface area contributed by atoms with Crippen molar-refractivity contribution in [2.45, 2.75) is 18.5 Å². The molecule has 6 heteroatoms. The molecule has 6 nitrogen and oxygen atoms in total. The average Bonchev–Trinajstić information content (AvgIpc) is 2.35. The van der Waals surface area contributed by atoms with E-state index in [4.69, 9.17) is 14.6 Å². The van der Waals surface area contributed by atoms with Crippen LogP contribution in [0.3, 0.4) is 0 Å². The van der Waals surface area contributed by atoms with Gasteiger partial charge in [-0.25, -0.2) is 4.79 Å². The molecular formula is C12H12O6. The summed E-state index contributed by atoms with van der Waals surface area (Å²) in [6.07, 6.45) is -3.04. The molecule has 1 aromatic carbocycles. The third-order valence-electron chi connectivity index (χ3n) is 2.40. The second-order valence-electron chi connectivity index (χ2n) is 3.73. The SMILES string of the molecule is O=C(O)C1=C[C@H](O)[C@@H](O)[C@@H](Oc2ccccc2)O1. The fraction of sp³-hybridized carbons (Fsp3) is 0.250. The number of carboxylic acids is 1. The largest absolute Gasteiger partial charge is 0.475 e. The molecule has 2 rings (SSSR count). The molecule has 0 amide bonds. The van der Waals surface area contributed by atoms with E-state index >= 15 is 0 Å². The number of rotatable bonds is 3. The van der Waals surface area contributed by atoms with Gasteiger partial charge in [0.05, 0.1) is 0 Å². The second kappa shape index (κ2) is 5.07. The van der Waals surface area contributed by atoms with E-state index < -0.39 is 30.2 Å². The summed E-state index contributed by atoms with van der Waals surface area (Å²) in [5, 5.41) is 27.9. The van der Waals surface area contributed by atoms with Crippen LogP contribution in [0, 0.1) is 0 Å². The maximum atomic E-state index is 10.8. The summed E-state index contributed by atoms with van der Waals surface area (Å²) in [7, 11) is 0. The third-order valence-corrected chi connectivity index (χ3v) is 2.40. The van der Waals surface area contributed by atoms with Crippen molar-refractivity contribution in [1.82, 2.24) is 0 Å². The molecule has 1 aliphatic heterocycles. The Labute approximate surface area is 103 Å². The number of hydrogen-bond donors (Lipinski definition) is 3. The number of aliphatic hydroxyl groups excluding tert-OH is 2. The standard InChI is InChI=1S/C12H12O6/c13-8-6-9(11(15)16)18-12(10(8)14)17-7-4-2-1-3-5-7/h1-6,8,10,12-14H,(H,15,16)/t8-,10+,12-/m0/s1. The van der Waals surface area contributed by atoms with Gasteiger partial charge in [-0.2, -0.15) is 0 Å². The van der Waals surface area contributed by atoms with Gasteiger partial charge in [-0.3, -0.25) is 0 Å². The summed E-state index contributed by atoms with van der Waals surface area (Å²) in [6, 6.07) is 8.47. The van der Waals surface area contributed by atoms with E-state index in [1.807, 2.05) is 0 Å². The van der Waals surface area contributed by atoms with Crippen LogP contribution in [0.5, 0.6) is 5.75 Å². The maximum Gasteiger partial charge on any atom is 0.371 e. The molecule has 0 bridgehead atoms. The molecular weight excluding hydrogens is 240 g/mol. The molecule has 3 N–H and O–H groups in total. The summed E-state index contributed by atoms with van der Waals surface area (Å²) in [5.41, 5.74) is 0. The zero-order valence-electron chi connectivity index (χ0n) is 9.26. The van der Waals surface area contributed by atoms with Gasteiger partial charge in [0.1, 0.15) is 11.9 Å². The van der Waals surface area contributed by atoms with E-state index in [9.17, 15) is 15.0 Å². The lowest BCUT2D eigenvalue weighted by Gasteiger charge is -2.30. The summed E-state index contributed by atoms with van der Waals surface area (Å²) in [4.78, 5) is 10.8. The normalized spacial score (nSPS) is 27.0. The van der Waals surface area contributed by atoms with Gasteiger partial charge in [0.25, 0.3) is 6.29 Å². The van der Waals surface area contributed by atoms with Crippen molar-refractivity contribution in [3.05, 3.63) is 42.2 Å². The van der Waals surface area contributed by atoms with Crippen LogP contribution in [0.1, 0.15) is 0 Å². The first kappa shape index (κ1) is 12.4. The van der Waals surface area contributed by atoms with Gasteiger partial charge in [-0.05, 0) is 18.2 Å². The Morgan fingerprint density at radius 1 is 1.22 bits per heavy atom. The maximum absolute atomic E-state index is 10.8. The first-order chi connectivity index (χ1) is 8.58. The highest BCUT2D eigenvalue weighted by molar-refractivity contribution is 5.84. The highest BCUT2D eigenvalue weighted by Gasteiger charge is 2.36. The summed E-state index contributed by atoms with van der Waals surface area (Å²) in [6.45, 7) is 0. The van der Waals surface area contributed by atoms with Crippen LogP contribution in [0.2, 0.25) is 0 Å². The van der Waals surface area contributed by atoms with E-state index in [0.717, 1.165) is 6.08 Å². The summed E-state index contributed by atoms with van der Waals surface area (Å²) < 4.78 is 10.2. The summed E-state index contributed by atoms with van der Waals surface area (Å²) in [5.74, 6) is -1.38. The van der Waals surface area contributed by atoms with E-state index in [1.165, 1.54) is 0 Å². The molecule has 1 aliphatic rings. The third kappa shape index (κ3) is 2.61. The number of carboxylic acid groups (broad SMARTS) is 1. The van der Waals surface area contributed by atoms with Crippen molar-refractivity contribution in [2.24, 2.45) is 0 Å². The zero-order chi connectivity index (χ0) is 13.1. The number of ether oxygens (including phenoxy) is 2. The van der Waals surface area contributed by atoms with Crippen LogP contribution in [0.25, 0.3) is 0 Å². The molecule has 0 fully saturated rings. The van der Waals surface area contributed by atoms with E-state index in [-0.39, 0.29) is 0 Å². The highest BCUT2D eigenvalue weighted by atomic mass is 16.7. The van der Waals surface area contributed by atoms with Gasteiger partial charge < -0.3 is 24.8 Å². The van der Waals surface area contributed by atoms with Crippen molar-refractivity contribution in [3.63, 3.8) is 0 Å². The van der Waals surface area contributed by atoms with Gasteiger partial charge in [0, 0.05) is 0 Å². The first-order valence-corrected chi connectivity index (χ1v) is 5.27. The van der Waals surface area contributed by atoms with Crippen LogP contribution in [0.4, 0.5) is 0 Å². The van der Waals surface area contributed by atoms with Crippen molar-refractivity contribution < 1.29 is 29.6 Å². The number of benzene rings is 1. The van der Waals surface area contributed by atoms with Gasteiger partial charge in [0.15, 0.2) is 6.10 Å². The van der Waals surface area contributed by atoms with Crippen molar-refractivity contribution in [2.75, 3.05) is 0 Å². The quantitative estimate of drug-likeness (QED) is 0.706. The fourth-order valence-electron chi connectivity index (χ4n) is 1.50. The van der Waals surface area contributed by atoms with Crippen molar-refractivity contribution >= 4 is 5.97 Å². The van der Waals surface area contributed by atoms with E-state index in [0.29, 0.717) is 5.75 Å². The topological polar surface area (TPSA) is 96.2 Å². The van der Waals surface area contributed by atoms with Gasteiger partial charge in [-0.1, -0.05) is 18.2 Å². The summed E-state index contributed by atoms with van der Waals surface area (Å²) >= 11 is 0. The Morgan fingerprint density at radius 3 is 2.50 bits per heavy atom. The van der Waals surface area contributed by atoms with E-state index in [2.05, 4.69) is 0 Å². The molecule has 0 aliphatic carbocycles. The molecule has 0 unspecified atom stereocenters. The van der Waals surface area contributed by atoms with Crippen LogP contribution in [-0.2, 0) is 9.53 Å². The minimum atomic E-state index is -1.35. The molecule has 3 atom stereocenters. The molecule has 0 spiro atoms. The lowest BCUT2D eigenvalue weighted by molar-refractivity contribution is -0.172. The predicted molar refractivity (Wildman–Crippen MR) is 59.7 cm³/mol. The Kier molecular flexibility index (Phi) is 3.50. The number of aliphatic carboxylic acids is 1. The lowest BCUT2D eigenvalue weighted by atomic mass is 10.1. The fourth-order valence-corrected chi connectivity index (χ4v) is 1.50. The monoisotopic (exact) mass is 252 g/mol. The van der Waals surface area contributed by atoms with Gasteiger partial charge >= 0.3 is 5.97 Å². The number of hydrogen-bond acceptors (Lipinski definition) is 5. The lowest BCUT2D eigenvalue weighted by Crippen LogP contribution is -2.45. The Morgan fingerprint density at radius 2 is 1.89 bits per heavy atom. The molecule has 0 aromatic heterocycles. The molecule has 18 heavy (non-hydrogen) atoms. The van der Waals surface area contributed by atoms with Crippen LogP contribution < -0.4 is 4.74 Å². The average molecular weight is 252 g/mol. The smallest absolute Gasteiger partial charge is 0.371 e. The van der Waals surface area contributed by atoms with Gasteiger partial charge in [-0.15, -0.1) is 0 Å². The van der Waals surface area contributed by atoms with Crippen molar-refractivity contribution in [1.29, 1.82) is 0 Å². The molecule has 1 heterocycles. The minimum Gasteiger partial charge on any atom is -0.475 e. The minimum absolute atomic E-state index is 0.403. The van der Waals surface area contributed by atoms with Gasteiger partial charge in [0.2, 0.25) is 5.76 Å². The number of carbonyl (C=O) groups is 1. The first-order valence-electron chi connectivity index (χ1n) is 5.27. The predicted octanol–water partition coefficient (Wildman–Crippen LogP) is 0.112. The van der Waals surface area contributed by atoms with Crippen LogP contribution in [0.15, 0.2) is 42.2 Å². The van der Waals surface area contributed by atoms with E-state index in [1.54, 1.807) is 30.3 Å². The Bertz CT molecular complexity index is 455. The van der Waals surface area contributed by atoms with Crippen LogP contribution >= 0.6 is 0 Å². The molecule has 0 radical (unpaired) electrons. The number of aliphatic hydroxyl groups is 2. The second-order valence-corrected chi connectivity index (χ2v) is 3.73. The van der Waals surface area contributed by atoms with Crippen molar-refractivity contribution in [3.8, 4) is 5.75 Å². The highest BCUT2D eigenvalue weighted by Crippen LogP contribution is 2.22. The zero-order valence-corrected chi connectivity index (χ0v) is 9.26. The molecule has 1 aromatic rings. The molecule has 0 saturated carbocycles. The molecule has 0 saturated heterocycles. The number of para-hydroxylation sites is 1.